The minimum Gasteiger partial charge on any atom is -0.459 e. The van der Waals surface area contributed by atoms with E-state index in [1.54, 1.807) is 23.1 Å². The summed E-state index contributed by atoms with van der Waals surface area (Å²) in [4.78, 5) is 21.8. The minimum atomic E-state index is -1.50. The molecule has 10 nitrogen and oxygen atoms in total. The Morgan fingerprint density at radius 1 is 1.02 bits per heavy atom. The maximum absolute atomic E-state index is 14.4. The number of hydrogen-bond acceptors (Lipinski definition) is 9. The third kappa shape index (κ3) is 9.97. The predicted molar refractivity (Wildman–Crippen MR) is 227 cm³/mol. The molecule has 1 amide bonds. The lowest BCUT2D eigenvalue weighted by atomic mass is 9.55. The van der Waals surface area contributed by atoms with E-state index in [-0.39, 0.29) is 63.0 Å². The van der Waals surface area contributed by atoms with Crippen molar-refractivity contribution in [2.75, 3.05) is 38.9 Å². The van der Waals surface area contributed by atoms with Gasteiger partial charge in [-0.3, -0.25) is 4.90 Å². The van der Waals surface area contributed by atoms with Crippen molar-refractivity contribution >= 4 is 23.4 Å². The van der Waals surface area contributed by atoms with Gasteiger partial charge in [0.25, 0.3) is 0 Å². The Balaban J connectivity index is 1.60. The van der Waals surface area contributed by atoms with Gasteiger partial charge in [0.1, 0.15) is 42.3 Å². The minimum absolute atomic E-state index is 0.0277. The highest BCUT2D eigenvalue weighted by Gasteiger charge is 2.65. The zero-order chi connectivity index (χ0) is 41.9. The number of benzene rings is 3. The largest absolute Gasteiger partial charge is 0.459 e. The van der Waals surface area contributed by atoms with E-state index in [1.165, 1.54) is 17.7 Å². The van der Waals surface area contributed by atoms with Crippen molar-refractivity contribution in [2.24, 2.45) is 22.9 Å². The first-order chi connectivity index (χ1) is 28.7. The molecular formula is C47H58ClFN2O8. The number of amides is 1. The quantitative estimate of drug-likeness (QED) is 0.0500. The smallest absolute Gasteiger partial charge is 0.410 e. The van der Waals surface area contributed by atoms with E-state index in [1.807, 2.05) is 37.3 Å². The van der Waals surface area contributed by atoms with Crippen molar-refractivity contribution in [1.29, 1.82) is 0 Å². The molecule has 0 bridgehead atoms. The molecule has 3 aromatic rings. The Labute approximate surface area is 352 Å². The molecule has 6 rings (SSSR count). The van der Waals surface area contributed by atoms with Crippen molar-refractivity contribution < 1.29 is 43.2 Å². The monoisotopic (exact) mass is 832 g/mol. The number of aliphatic hydroxyl groups is 2. The van der Waals surface area contributed by atoms with E-state index in [0.717, 1.165) is 48.1 Å². The Morgan fingerprint density at radius 2 is 1.75 bits per heavy atom. The molecule has 0 radical (unpaired) electrons. The molecule has 3 aliphatic rings. The van der Waals surface area contributed by atoms with Gasteiger partial charge in [0, 0.05) is 37.7 Å². The van der Waals surface area contributed by atoms with Gasteiger partial charge in [0.2, 0.25) is 5.79 Å². The average molecular weight is 833 g/mol. The lowest BCUT2D eigenvalue weighted by Gasteiger charge is -2.59. The lowest BCUT2D eigenvalue weighted by Crippen LogP contribution is -2.70. The van der Waals surface area contributed by atoms with Crippen LogP contribution in [0.15, 0.2) is 90.1 Å². The maximum Gasteiger partial charge on any atom is 0.410 e. The van der Waals surface area contributed by atoms with Gasteiger partial charge >= 0.3 is 6.09 Å². The van der Waals surface area contributed by atoms with Gasteiger partial charge in [-0.2, -0.15) is 0 Å². The number of aryl methyl sites for hydroxylation is 2. The number of rotatable bonds is 20. The SMILES string of the molecule is C=CCO[C@@]12Oc3ccc(Oc4ccc(C)c(C)c4)cc3[C@H]3[C@H](CCCCO)[C@@H](CCCCO)C=C(C(=NOCC)C[C@@H]1N(Cc1ccc(F)cc1)C(=O)OCCCl)[C@H]32. The number of aliphatic hydroxyl groups excluding tert-OH is 2. The van der Waals surface area contributed by atoms with Crippen molar-refractivity contribution in [3.05, 3.63) is 113 Å². The predicted octanol–water partition coefficient (Wildman–Crippen LogP) is 9.77. The number of halogens is 2. The van der Waals surface area contributed by atoms with E-state index in [2.05, 4.69) is 32.6 Å². The second-order valence-electron chi connectivity index (χ2n) is 15.6. The Morgan fingerprint density at radius 3 is 2.44 bits per heavy atom. The van der Waals surface area contributed by atoms with Crippen LogP contribution in [-0.2, 0) is 20.9 Å². The maximum atomic E-state index is 14.4. The molecule has 2 aliphatic carbocycles. The topological polar surface area (TPSA) is 119 Å². The second-order valence-corrected chi connectivity index (χ2v) is 16.0. The standard InChI is InChI=1S/C47H58ClFN2O8/c1-5-24-56-47-43(51(46(54)55-25-21-48)30-33-14-16-35(49)17-15-33)29-41(50-57-6-2)39-27-34(11-7-9-22-52)38(12-8-10-23-53)44(45(39)47)40-28-37(19-20-42(40)59-47)58-36-18-13-31(3)32(4)26-36/h5,13-20,26-28,34,38,43-45,52-53H,1,6-12,21-25,29-30H2,2-4H3/t34-,38+,43-,44+,45+,47+/m0/s1. The first kappa shape index (κ1) is 44.1. The molecule has 0 saturated heterocycles. The number of alkyl halides is 1. The Kier molecular flexibility index (Phi) is 15.5. The van der Waals surface area contributed by atoms with Gasteiger partial charge in [0.05, 0.1) is 24.1 Å². The van der Waals surface area contributed by atoms with E-state index >= 15 is 0 Å². The molecule has 59 heavy (non-hydrogen) atoms. The number of unbranched alkanes of at least 4 members (excludes halogenated alkanes) is 2. The third-order valence-corrected chi connectivity index (χ3v) is 12.0. The van der Waals surface area contributed by atoms with Crippen molar-refractivity contribution in [3.63, 3.8) is 0 Å². The van der Waals surface area contributed by atoms with Crippen LogP contribution in [0.2, 0.25) is 0 Å². The van der Waals surface area contributed by atoms with E-state index in [4.69, 9.17) is 40.5 Å². The molecule has 0 unspecified atom stereocenters. The van der Waals surface area contributed by atoms with Gasteiger partial charge in [-0.25, -0.2) is 9.18 Å². The summed E-state index contributed by atoms with van der Waals surface area (Å²) in [5, 5.41) is 24.5. The van der Waals surface area contributed by atoms with Gasteiger partial charge in [-0.05, 0) is 123 Å². The van der Waals surface area contributed by atoms with Gasteiger partial charge in [-0.1, -0.05) is 48.3 Å². The zero-order valence-electron chi connectivity index (χ0n) is 34.4. The molecule has 1 saturated carbocycles. The van der Waals surface area contributed by atoms with Crippen LogP contribution < -0.4 is 9.47 Å². The van der Waals surface area contributed by atoms with Crippen LogP contribution in [0.25, 0.3) is 0 Å². The van der Waals surface area contributed by atoms with Crippen LogP contribution in [0.3, 0.4) is 0 Å². The number of fused-ring (bicyclic) bond motifs is 2. The van der Waals surface area contributed by atoms with Crippen molar-refractivity contribution in [3.8, 4) is 17.2 Å². The van der Waals surface area contributed by atoms with Gasteiger partial charge in [-0.15, -0.1) is 18.2 Å². The summed E-state index contributed by atoms with van der Waals surface area (Å²) in [6, 6.07) is 17.1. The van der Waals surface area contributed by atoms with Gasteiger partial charge in [0.15, 0.2) is 0 Å². The molecule has 1 fully saturated rings. The number of carbonyl (C=O) groups is 1. The molecule has 12 heteroatoms. The van der Waals surface area contributed by atoms with Crippen LogP contribution in [0.4, 0.5) is 9.18 Å². The number of ether oxygens (including phenoxy) is 4. The summed E-state index contributed by atoms with van der Waals surface area (Å²) in [6.07, 6.45) is 8.03. The van der Waals surface area contributed by atoms with E-state index in [9.17, 15) is 19.4 Å². The number of carbonyl (C=O) groups excluding carboxylic acids is 1. The second kappa shape index (κ2) is 20.7. The fraction of sp³-hybridized carbons (Fsp3) is 0.489. The summed E-state index contributed by atoms with van der Waals surface area (Å²) < 4.78 is 40.8. The fourth-order valence-electron chi connectivity index (χ4n) is 9.07. The molecule has 6 atom stereocenters. The van der Waals surface area contributed by atoms with E-state index < -0.39 is 29.7 Å². The highest BCUT2D eigenvalue weighted by Crippen LogP contribution is 2.62. The molecule has 0 aromatic heterocycles. The summed E-state index contributed by atoms with van der Waals surface area (Å²) in [5.74, 6) is -0.505. The van der Waals surface area contributed by atoms with Crippen LogP contribution >= 0.6 is 11.6 Å². The Hall–Kier alpha value is -4.42. The summed E-state index contributed by atoms with van der Waals surface area (Å²) in [5.41, 5.74) is 5.48. The number of allylic oxidation sites excluding steroid dienone is 1. The van der Waals surface area contributed by atoms with Crippen LogP contribution in [0.5, 0.6) is 17.2 Å². The third-order valence-electron chi connectivity index (χ3n) is 11.8. The zero-order valence-corrected chi connectivity index (χ0v) is 35.2. The van der Waals surface area contributed by atoms with Crippen molar-refractivity contribution in [2.45, 2.75) is 90.0 Å². The average Bonchev–Trinajstić information content (AvgIpc) is 3.24. The molecule has 0 spiro atoms. The fourth-order valence-corrected chi connectivity index (χ4v) is 9.14. The normalized spacial score (nSPS) is 23.7. The lowest BCUT2D eigenvalue weighted by molar-refractivity contribution is -0.256. The molecular weight excluding hydrogens is 775 g/mol. The number of nitrogens with zero attached hydrogens (tertiary/aromatic N) is 2. The van der Waals surface area contributed by atoms with E-state index in [0.29, 0.717) is 42.2 Å². The van der Waals surface area contributed by atoms with Crippen LogP contribution in [0.1, 0.15) is 80.0 Å². The highest BCUT2D eigenvalue weighted by molar-refractivity contribution is 6.18. The van der Waals surface area contributed by atoms with Gasteiger partial charge < -0.3 is 34.0 Å². The molecule has 1 aliphatic heterocycles. The summed E-state index contributed by atoms with van der Waals surface area (Å²) >= 11 is 6.05. The molecule has 1 heterocycles. The molecule has 2 N–H and O–H groups in total. The first-order valence-electron chi connectivity index (χ1n) is 20.9. The Bertz CT molecular complexity index is 1960. The highest BCUT2D eigenvalue weighted by atomic mass is 35.5. The van der Waals surface area contributed by atoms with Crippen LogP contribution in [0, 0.1) is 37.4 Å². The summed E-state index contributed by atoms with van der Waals surface area (Å²) in [6.45, 7) is 10.6. The van der Waals surface area contributed by atoms with Crippen molar-refractivity contribution in [1.82, 2.24) is 4.90 Å². The van der Waals surface area contributed by atoms with Crippen LogP contribution in [-0.4, -0.2) is 77.7 Å². The first-order valence-corrected chi connectivity index (χ1v) is 21.4. The number of hydrogen-bond donors (Lipinski definition) is 2. The molecule has 3 aromatic carbocycles. The summed E-state index contributed by atoms with van der Waals surface area (Å²) in [7, 11) is 0. The number of oxime groups is 1. The molecule has 318 valence electrons.